The maximum Gasteiger partial charge on any atom is 0.329 e. The van der Waals surface area contributed by atoms with Gasteiger partial charge >= 0.3 is 5.97 Å². The average Bonchev–Trinajstić information content (AvgIpc) is 2.57. The molecule has 2 rings (SSSR count). The fourth-order valence-corrected chi connectivity index (χ4v) is 1.92. The number of nitrogens with zero attached hydrogens (tertiary/aromatic N) is 1. The van der Waals surface area contributed by atoms with Gasteiger partial charge in [0.25, 0.3) is 0 Å². The number of aryl methyl sites for hydroxylation is 1. The van der Waals surface area contributed by atoms with Gasteiger partial charge in [-0.05, 0) is 32.4 Å². The minimum Gasteiger partial charge on any atom is -0.480 e. The molecule has 16 heavy (non-hydrogen) atoms. The second-order valence-electron chi connectivity index (χ2n) is 4.56. The van der Waals surface area contributed by atoms with Gasteiger partial charge in [-0.2, -0.15) is 0 Å². The van der Waals surface area contributed by atoms with Gasteiger partial charge in [0.15, 0.2) is 0 Å². The standard InChI is InChI=1S/C13H15NO2/c1-9-8-14(13(2,3)12(15)16)11-7-5-4-6-10(9)11/h4-8H,1-3H3,(H,15,16). The number of para-hydroxylation sites is 1. The first kappa shape index (κ1) is 10.7. The van der Waals surface area contributed by atoms with Crippen LogP contribution < -0.4 is 0 Å². The lowest BCUT2D eigenvalue weighted by Gasteiger charge is -2.22. The van der Waals surface area contributed by atoms with Crippen LogP contribution in [0.2, 0.25) is 0 Å². The Balaban J connectivity index is 2.75. The fourth-order valence-electron chi connectivity index (χ4n) is 1.92. The van der Waals surface area contributed by atoms with Crippen LogP contribution in [0.15, 0.2) is 30.5 Å². The molecule has 1 aromatic heterocycles. The molecule has 0 saturated heterocycles. The molecule has 84 valence electrons. The zero-order valence-corrected chi connectivity index (χ0v) is 9.69. The molecule has 0 saturated carbocycles. The van der Waals surface area contributed by atoms with E-state index in [-0.39, 0.29) is 0 Å². The summed E-state index contributed by atoms with van der Waals surface area (Å²) in [5.41, 5.74) is 1.14. The predicted molar refractivity (Wildman–Crippen MR) is 63.6 cm³/mol. The number of carboxylic acid groups (broad SMARTS) is 1. The highest BCUT2D eigenvalue weighted by atomic mass is 16.4. The molecule has 0 atom stereocenters. The van der Waals surface area contributed by atoms with Crippen molar-refractivity contribution in [2.75, 3.05) is 0 Å². The van der Waals surface area contributed by atoms with Crippen LogP contribution in [-0.4, -0.2) is 15.6 Å². The van der Waals surface area contributed by atoms with Crippen LogP contribution in [0.4, 0.5) is 0 Å². The first-order valence-electron chi connectivity index (χ1n) is 5.25. The zero-order valence-electron chi connectivity index (χ0n) is 9.69. The molecular formula is C13H15NO2. The molecule has 0 fully saturated rings. The summed E-state index contributed by atoms with van der Waals surface area (Å²) in [6.07, 6.45) is 1.90. The van der Waals surface area contributed by atoms with Crippen LogP contribution in [0.5, 0.6) is 0 Å². The van der Waals surface area contributed by atoms with Crippen LogP contribution in [0.3, 0.4) is 0 Å². The van der Waals surface area contributed by atoms with Crippen LogP contribution in [0.25, 0.3) is 10.9 Å². The van der Waals surface area contributed by atoms with Gasteiger partial charge in [0.1, 0.15) is 5.54 Å². The van der Waals surface area contributed by atoms with Gasteiger partial charge in [0.2, 0.25) is 0 Å². The molecular weight excluding hydrogens is 202 g/mol. The number of carboxylic acids is 1. The molecule has 3 nitrogen and oxygen atoms in total. The molecule has 0 spiro atoms. The fraction of sp³-hybridized carbons (Fsp3) is 0.308. The Bertz CT molecular complexity index is 552. The highest BCUT2D eigenvalue weighted by Gasteiger charge is 2.30. The SMILES string of the molecule is Cc1cn(C(C)(C)C(=O)O)c2ccccc12. The highest BCUT2D eigenvalue weighted by molar-refractivity contribution is 5.87. The Morgan fingerprint density at radius 2 is 1.94 bits per heavy atom. The molecule has 0 aliphatic carbocycles. The van der Waals surface area contributed by atoms with E-state index in [1.54, 1.807) is 13.8 Å². The Morgan fingerprint density at radius 3 is 2.56 bits per heavy atom. The number of hydrogen-bond acceptors (Lipinski definition) is 1. The van der Waals surface area contributed by atoms with Gasteiger partial charge in [-0.3, -0.25) is 0 Å². The number of aromatic nitrogens is 1. The van der Waals surface area contributed by atoms with Gasteiger partial charge in [-0.1, -0.05) is 18.2 Å². The molecule has 0 bridgehead atoms. The van der Waals surface area contributed by atoms with Crippen LogP contribution in [0, 0.1) is 6.92 Å². The van der Waals surface area contributed by atoms with Crippen molar-refractivity contribution in [3.8, 4) is 0 Å². The summed E-state index contributed by atoms with van der Waals surface area (Å²) in [4.78, 5) is 11.3. The van der Waals surface area contributed by atoms with E-state index in [9.17, 15) is 9.90 Å². The van der Waals surface area contributed by atoms with Crippen molar-refractivity contribution in [3.63, 3.8) is 0 Å². The van der Waals surface area contributed by atoms with Gasteiger partial charge in [-0.15, -0.1) is 0 Å². The molecule has 1 N–H and O–H groups in total. The van der Waals surface area contributed by atoms with Crippen LogP contribution >= 0.6 is 0 Å². The number of aliphatic carboxylic acids is 1. The normalized spacial score (nSPS) is 11.9. The highest BCUT2D eigenvalue weighted by Crippen LogP contribution is 2.27. The van der Waals surface area contributed by atoms with E-state index in [0.717, 1.165) is 16.5 Å². The van der Waals surface area contributed by atoms with Crippen molar-refractivity contribution in [1.29, 1.82) is 0 Å². The van der Waals surface area contributed by atoms with Gasteiger partial charge in [0, 0.05) is 17.1 Å². The monoisotopic (exact) mass is 217 g/mol. The van der Waals surface area contributed by atoms with Crippen LogP contribution in [0.1, 0.15) is 19.4 Å². The summed E-state index contributed by atoms with van der Waals surface area (Å²) in [5, 5.41) is 10.4. The largest absolute Gasteiger partial charge is 0.480 e. The molecule has 1 aromatic carbocycles. The number of rotatable bonds is 2. The smallest absolute Gasteiger partial charge is 0.329 e. The Morgan fingerprint density at radius 1 is 1.31 bits per heavy atom. The molecule has 0 amide bonds. The third-order valence-electron chi connectivity index (χ3n) is 3.04. The Kier molecular flexibility index (Phi) is 2.26. The van der Waals surface area contributed by atoms with Crippen molar-refractivity contribution < 1.29 is 9.90 Å². The Labute approximate surface area is 94.3 Å². The summed E-state index contributed by atoms with van der Waals surface area (Å²) < 4.78 is 1.82. The number of hydrogen-bond donors (Lipinski definition) is 1. The summed E-state index contributed by atoms with van der Waals surface area (Å²) in [6, 6.07) is 7.86. The number of benzene rings is 1. The maximum atomic E-state index is 11.3. The maximum absolute atomic E-state index is 11.3. The van der Waals surface area contributed by atoms with E-state index < -0.39 is 11.5 Å². The summed E-state index contributed by atoms with van der Waals surface area (Å²) in [6.45, 7) is 5.42. The Hall–Kier alpha value is -1.77. The first-order chi connectivity index (χ1) is 7.44. The minimum absolute atomic E-state index is 0.826. The molecule has 0 aliphatic heterocycles. The van der Waals surface area contributed by atoms with Crippen molar-refractivity contribution in [3.05, 3.63) is 36.0 Å². The molecule has 2 aromatic rings. The van der Waals surface area contributed by atoms with E-state index in [2.05, 4.69) is 0 Å². The third-order valence-corrected chi connectivity index (χ3v) is 3.04. The van der Waals surface area contributed by atoms with E-state index in [0.29, 0.717) is 0 Å². The number of carbonyl (C=O) groups is 1. The third kappa shape index (κ3) is 1.40. The lowest BCUT2D eigenvalue weighted by molar-refractivity contribution is -0.145. The molecule has 0 unspecified atom stereocenters. The van der Waals surface area contributed by atoms with Gasteiger partial charge in [-0.25, -0.2) is 4.79 Å². The minimum atomic E-state index is -0.923. The van der Waals surface area contributed by atoms with Crippen molar-refractivity contribution in [2.24, 2.45) is 0 Å². The summed E-state index contributed by atoms with van der Waals surface area (Å²) in [5.74, 6) is -0.826. The second-order valence-corrected chi connectivity index (χ2v) is 4.56. The van der Waals surface area contributed by atoms with E-state index in [1.807, 2.05) is 42.0 Å². The first-order valence-corrected chi connectivity index (χ1v) is 5.25. The van der Waals surface area contributed by atoms with Gasteiger partial charge in [0.05, 0.1) is 0 Å². The van der Waals surface area contributed by atoms with Crippen molar-refractivity contribution in [1.82, 2.24) is 4.57 Å². The molecule has 0 radical (unpaired) electrons. The quantitative estimate of drug-likeness (QED) is 0.840. The molecule has 3 heteroatoms. The van der Waals surface area contributed by atoms with E-state index in [1.165, 1.54) is 0 Å². The van der Waals surface area contributed by atoms with Crippen LogP contribution in [-0.2, 0) is 10.3 Å². The van der Waals surface area contributed by atoms with Crippen molar-refractivity contribution in [2.45, 2.75) is 26.3 Å². The summed E-state index contributed by atoms with van der Waals surface area (Å²) >= 11 is 0. The second kappa shape index (κ2) is 3.37. The van der Waals surface area contributed by atoms with E-state index >= 15 is 0 Å². The topological polar surface area (TPSA) is 42.2 Å². The lowest BCUT2D eigenvalue weighted by Crippen LogP contribution is -2.34. The number of fused-ring (bicyclic) bond motifs is 1. The molecule has 1 heterocycles. The molecule has 0 aliphatic rings. The lowest BCUT2D eigenvalue weighted by atomic mass is 10.1. The van der Waals surface area contributed by atoms with Gasteiger partial charge < -0.3 is 9.67 Å². The predicted octanol–water partition coefficient (Wildman–Crippen LogP) is 2.77. The zero-order chi connectivity index (χ0) is 11.9. The van der Waals surface area contributed by atoms with Crippen molar-refractivity contribution >= 4 is 16.9 Å². The van der Waals surface area contributed by atoms with E-state index in [4.69, 9.17) is 0 Å². The average molecular weight is 217 g/mol. The summed E-state index contributed by atoms with van der Waals surface area (Å²) in [7, 11) is 0.